The van der Waals surface area contributed by atoms with Gasteiger partial charge in [-0.05, 0) is 19.4 Å². The lowest BCUT2D eigenvalue weighted by atomic mass is 10.2. The SMILES string of the molecule is NCCCCc1ncc(F)cn1. The van der Waals surface area contributed by atoms with Gasteiger partial charge in [-0.15, -0.1) is 0 Å². The van der Waals surface area contributed by atoms with E-state index in [-0.39, 0.29) is 0 Å². The highest BCUT2D eigenvalue weighted by Crippen LogP contribution is 1.98. The number of halogens is 1. The molecule has 12 heavy (non-hydrogen) atoms. The van der Waals surface area contributed by atoms with Crippen molar-refractivity contribution in [1.29, 1.82) is 0 Å². The molecule has 1 aromatic heterocycles. The third kappa shape index (κ3) is 2.92. The molecule has 0 fully saturated rings. The number of nitrogens with two attached hydrogens (primary N) is 1. The molecule has 0 bridgehead atoms. The van der Waals surface area contributed by atoms with Crippen LogP contribution in [0.15, 0.2) is 12.4 Å². The molecule has 2 N–H and O–H groups in total. The Hall–Kier alpha value is -1.03. The van der Waals surface area contributed by atoms with Crippen LogP contribution in [0.2, 0.25) is 0 Å². The Morgan fingerprint density at radius 2 is 1.92 bits per heavy atom. The van der Waals surface area contributed by atoms with Crippen molar-refractivity contribution >= 4 is 0 Å². The van der Waals surface area contributed by atoms with Gasteiger partial charge in [-0.3, -0.25) is 0 Å². The fourth-order valence-corrected chi connectivity index (χ4v) is 0.896. The summed E-state index contributed by atoms with van der Waals surface area (Å²) >= 11 is 0. The molecule has 0 aromatic carbocycles. The van der Waals surface area contributed by atoms with Gasteiger partial charge in [0.15, 0.2) is 5.82 Å². The molecule has 0 aliphatic heterocycles. The van der Waals surface area contributed by atoms with E-state index in [2.05, 4.69) is 9.97 Å². The zero-order valence-electron chi connectivity index (χ0n) is 6.83. The van der Waals surface area contributed by atoms with Crippen LogP contribution in [-0.4, -0.2) is 16.5 Å². The van der Waals surface area contributed by atoms with Gasteiger partial charge in [0.25, 0.3) is 0 Å². The van der Waals surface area contributed by atoms with Gasteiger partial charge in [-0.2, -0.15) is 0 Å². The highest BCUT2D eigenvalue weighted by molar-refractivity contribution is 4.91. The fourth-order valence-electron chi connectivity index (χ4n) is 0.896. The summed E-state index contributed by atoms with van der Waals surface area (Å²) in [7, 11) is 0. The van der Waals surface area contributed by atoms with Crippen molar-refractivity contribution in [2.45, 2.75) is 19.3 Å². The van der Waals surface area contributed by atoms with Crippen LogP contribution in [0.25, 0.3) is 0 Å². The summed E-state index contributed by atoms with van der Waals surface area (Å²) in [5.74, 6) is 0.294. The molecule has 4 heteroatoms. The maximum Gasteiger partial charge on any atom is 0.159 e. The van der Waals surface area contributed by atoms with Crippen LogP contribution < -0.4 is 5.73 Å². The third-order valence-electron chi connectivity index (χ3n) is 1.53. The summed E-state index contributed by atoms with van der Waals surface area (Å²) in [6.07, 6.45) is 5.07. The number of hydrogen-bond acceptors (Lipinski definition) is 3. The maximum atomic E-state index is 12.3. The largest absolute Gasteiger partial charge is 0.330 e. The van der Waals surface area contributed by atoms with Crippen molar-refractivity contribution in [3.05, 3.63) is 24.0 Å². The second kappa shape index (κ2) is 4.77. The van der Waals surface area contributed by atoms with Crippen LogP contribution in [-0.2, 0) is 6.42 Å². The van der Waals surface area contributed by atoms with Crippen molar-refractivity contribution in [2.24, 2.45) is 5.73 Å². The number of rotatable bonds is 4. The van der Waals surface area contributed by atoms with Gasteiger partial charge in [0.1, 0.15) is 5.82 Å². The normalized spacial score (nSPS) is 10.2. The minimum atomic E-state index is -0.391. The molecule has 3 nitrogen and oxygen atoms in total. The molecule has 0 saturated heterocycles. The predicted molar refractivity (Wildman–Crippen MR) is 44.0 cm³/mol. The first kappa shape index (κ1) is 9.06. The van der Waals surface area contributed by atoms with Gasteiger partial charge in [0.2, 0.25) is 0 Å². The number of unbranched alkanes of at least 4 members (excludes halogenated alkanes) is 1. The summed E-state index contributed by atoms with van der Waals surface area (Å²) < 4.78 is 12.3. The van der Waals surface area contributed by atoms with E-state index in [1.807, 2.05) is 0 Å². The van der Waals surface area contributed by atoms with E-state index in [1.165, 1.54) is 12.4 Å². The van der Waals surface area contributed by atoms with E-state index in [4.69, 9.17) is 5.73 Å². The highest BCUT2D eigenvalue weighted by Gasteiger charge is 1.95. The molecule has 0 aliphatic carbocycles. The average Bonchev–Trinajstić information content (AvgIpc) is 2.09. The van der Waals surface area contributed by atoms with Gasteiger partial charge < -0.3 is 5.73 Å². The van der Waals surface area contributed by atoms with Gasteiger partial charge in [-0.1, -0.05) is 0 Å². The summed E-state index contributed by atoms with van der Waals surface area (Å²) in [6, 6.07) is 0. The lowest BCUT2D eigenvalue weighted by Gasteiger charge is -1.97. The predicted octanol–water partition coefficient (Wildman–Crippen LogP) is 0.897. The van der Waals surface area contributed by atoms with Gasteiger partial charge in [-0.25, -0.2) is 14.4 Å². The Bertz CT molecular complexity index is 222. The number of aryl methyl sites for hydroxylation is 1. The van der Waals surface area contributed by atoms with Crippen LogP contribution >= 0.6 is 0 Å². The molecule has 0 radical (unpaired) electrons. The second-order valence-corrected chi connectivity index (χ2v) is 2.56. The Balaban J connectivity index is 2.37. The molecule has 0 aliphatic rings. The molecule has 0 saturated carbocycles. The van der Waals surface area contributed by atoms with E-state index in [0.29, 0.717) is 12.4 Å². The molecule has 0 unspecified atom stereocenters. The van der Waals surface area contributed by atoms with Crippen molar-refractivity contribution in [2.75, 3.05) is 6.54 Å². The summed E-state index contributed by atoms with van der Waals surface area (Å²) in [4.78, 5) is 7.65. The highest BCUT2D eigenvalue weighted by atomic mass is 19.1. The Morgan fingerprint density at radius 3 is 2.50 bits per heavy atom. The van der Waals surface area contributed by atoms with E-state index in [9.17, 15) is 4.39 Å². The quantitative estimate of drug-likeness (QED) is 0.681. The van der Waals surface area contributed by atoms with Crippen LogP contribution in [0.1, 0.15) is 18.7 Å². The molecule has 0 amide bonds. The van der Waals surface area contributed by atoms with Crippen molar-refractivity contribution in [3.8, 4) is 0 Å². The first-order valence-corrected chi connectivity index (χ1v) is 3.99. The van der Waals surface area contributed by atoms with E-state index in [1.54, 1.807) is 0 Å². The maximum absolute atomic E-state index is 12.3. The summed E-state index contributed by atoms with van der Waals surface area (Å²) in [6.45, 7) is 0.682. The van der Waals surface area contributed by atoms with E-state index < -0.39 is 5.82 Å². The summed E-state index contributed by atoms with van der Waals surface area (Å²) in [5, 5.41) is 0. The zero-order valence-corrected chi connectivity index (χ0v) is 6.83. The average molecular weight is 169 g/mol. The number of hydrogen-bond donors (Lipinski definition) is 1. The fraction of sp³-hybridized carbons (Fsp3) is 0.500. The van der Waals surface area contributed by atoms with Crippen molar-refractivity contribution in [3.63, 3.8) is 0 Å². The van der Waals surface area contributed by atoms with Crippen molar-refractivity contribution in [1.82, 2.24) is 9.97 Å². The third-order valence-corrected chi connectivity index (χ3v) is 1.53. The number of nitrogens with zero attached hydrogens (tertiary/aromatic N) is 2. The zero-order chi connectivity index (χ0) is 8.81. The van der Waals surface area contributed by atoms with Crippen LogP contribution in [0.4, 0.5) is 4.39 Å². The first-order valence-electron chi connectivity index (χ1n) is 3.99. The monoisotopic (exact) mass is 169 g/mol. The summed E-state index contributed by atoms with van der Waals surface area (Å²) in [5.41, 5.74) is 5.32. The van der Waals surface area contributed by atoms with Crippen LogP contribution in [0.3, 0.4) is 0 Å². The lowest BCUT2D eigenvalue weighted by molar-refractivity contribution is 0.605. The van der Waals surface area contributed by atoms with Gasteiger partial charge in [0, 0.05) is 6.42 Å². The molecular weight excluding hydrogens is 157 g/mol. The second-order valence-electron chi connectivity index (χ2n) is 2.56. The van der Waals surface area contributed by atoms with Crippen LogP contribution in [0.5, 0.6) is 0 Å². The Labute approximate surface area is 70.8 Å². The minimum Gasteiger partial charge on any atom is -0.330 e. The Morgan fingerprint density at radius 1 is 1.25 bits per heavy atom. The molecular formula is C8H12FN3. The molecule has 66 valence electrons. The van der Waals surface area contributed by atoms with Gasteiger partial charge in [0.05, 0.1) is 12.4 Å². The molecule has 0 atom stereocenters. The smallest absolute Gasteiger partial charge is 0.159 e. The molecule has 1 aromatic rings. The minimum absolute atomic E-state index is 0.391. The standard InChI is InChI=1S/C8H12FN3/c9-7-5-11-8(12-6-7)3-1-2-4-10/h5-6H,1-4,10H2. The van der Waals surface area contributed by atoms with Crippen LogP contribution in [0, 0.1) is 5.82 Å². The lowest BCUT2D eigenvalue weighted by Crippen LogP contribution is -2.01. The molecule has 1 rings (SSSR count). The van der Waals surface area contributed by atoms with E-state index in [0.717, 1.165) is 19.3 Å². The van der Waals surface area contributed by atoms with Crippen molar-refractivity contribution < 1.29 is 4.39 Å². The van der Waals surface area contributed by atoms with Gasteiger partial charge >= 0.3 is 0 Å². The first-order chi connectivity index (χ1) is 5.83. The topological polar surface area (TPSA) is 51.8 Å². The Kier molecular flexibility index (Phi) is 3.60. The molecule has 1 heterocycles. The number of aromatic nitrogens is 2. The van der Waals surface area contributed by atoms with E-state index >= 15 is 0 Å². The molecule has 0 spiro atoms.